The van der Waals surface area contributed by atoms with Crippen LogP contribution in [0.1, 0.15) is 42.2 Å². The van der Waals surface area contributed by atoms with Gasteiger partial charge in [-0.3, -0.25) is 4.90 Å². The number of para-hydroxylation sites is 2. The van der Waals surface area contributed by atoms with E-state index < -0.39 is 0 Å². The first-order chi connectivity index (χ1) is 22.8. The molecule has 2 aromatic heterocycles. The maximum atomic E-state index is 5.16. The van der Waals surface area contributed by atoms with Crippen molar-refractivity contribution < 1.29 is 20.1 Å². The Balaban J connectivity index is 0.00000324. The Labute approximate surface area is 287 Å². The summed E-state index contributed by atoms with van der Waals surface area (Å²) in [4.78, 5) is 22.5. The molecule has 2 aliphatic carbocycles. The van der Waals surface area contributed by atoms with Crippen molar-refractivity contribution >= 4 is 28.1 Å². The van der Waals surface area contributed by atoms with Crippen LogP contribution >= 0.6 is 0 Å². The number of benzene rings is 5. The number of aromatic nitrogens is 4. The maximum Gasteiger partial charge on any atom is 0.238 e. The third kappa shape index (κ3) is 5.24. The van der Waals surface area contributed by atoms with Crippen LogP contribution in [-0.4, -0.2) is 19.9 Å². The van der Waals surface area contributed by atoms with Gasteiger partial charge >= 0.3 is 0 Å². The van der Waals surface area contributed by atoms with Crippen LogP contribution in [0.4, 0.5) is 17.3 Å². The smallest absolute Gasteiger partial charge is 0.238 e. The molecule has 2 bridgehead atoms. The molecule has 0 amide bonds. The van der Waals surface area contributed by atoms with Gasteiger partial charge in [0.2, 0.25) is 5.95 Å². The van der Waals surface area contributed by atoms with Gasteiger partial charge in [0.05, 0.1) is 0 Å². The molecule has 0 saturated heterocycles. The van der Waals surface area contributed by atoms with E-state index in [2.05, 4.69) is 71.6 Å². The van der Waals surface area contributed by atoms with Crippen molar-refractivity contribution in [3.63, 3.8) is 0 Å². The summed E-state index contributed by atoms with van der Waals surface area (Å²) in [6.45, 7) is 0. The van der Waals surface area contributed by atoms with Crippen molar-refractivity contribution in [3.8, 4) is 34.0 Å². The van der Waals surface area contributed by atoms with Crippen molar-refractivity contribution in [1.82, 2.24) is 19.9 Å². The molecule has 2 unspecified atom stereocenters. The van der Waals surface area contributed by atoms with Crippen LogP contribution in [0.5, 0.6) is 0 Å². The van der Waals surface area contributed by atoms with E-state index in [1.165, 1.54) is 30.4 Å². The number of anilines is 3. The number of hydrogen-bond acceptors (Lipinski definition) is 5. The summed E-state index contributed by atoms with van der Waals surface area (Å²) in [7, 11) is 0. The average Bonchev–Trinajstić information content (AvgIpc) is 3.76. The molecule has 1 saturated carbocycles. The van der Waals surface area contributed by atoms with E-state index in [0.29, 0.717) is 29.4 Å². The molecule has 0 aliphatic heterocycles. The SMILES string of the molecule is [Ir].[c-]1cc2c(cc1-c1ncc(-c3nc(-c4ccccc4)nc(N(c4ccccc4)c4ccccc4)n3)c3ccccc13)C1CCC2C1. The number of nitrogens with zero attached hydrogens (tertiary/aromatic N) is 5. The van der Waals surface area contributed by atoms with Gasteiger partial charge < -0.3 is 4.98 Å². The minimum atomic E-state index is 0. The molecule has 229 valence electrons. The zero-order valence-electron chi connectivity index (χ0n) is 25.5. The average molecular weight is 785 g/mol. The van der Waals surface area contributed by atoms with Crippen molar-refractivity contribution in [2.24, 2.45) is 0 Å². The van der Waals surface area contributed by atoms with Crippen LogP contribution in [0, 0.1) is 6.07 Å². The van der Waals surface area contributed by atoms with E-state index in [9.17, 15) is 0 Å². The molecule has 5 aromatic carbocycles. The van der Waals surface area contributed by atoms with E-state index in [0.717, 1.165) is 44.5 Å². The number of rotatable bonds is 6. The summed E-state index contributed by atoms with van der Waals surface area (Å²) in [5.41, 5.74) is 8.69. The predicted octanol–water partition coefficient (Wildman–Crippen LogP) is 10.1. The quantitative estimate of drug-likeness (QED) is 0.157. The van der Waals surface area contributed by atoms with Gasteiger partial charge in [-0.15, -0.1) is 34.9 Å². The third-order valence-corrected chi connectivity index (χ3v) is 9.50. The summed E-state index contributed by atoms with van der Waals surface area (Å²) in [6, 6.07) is 47.2. The number of hydrogen-bond donors (Lipinski definition) is 0. The monoisotopic (exact) mass is 785 g/mol. The van der Waals surface area contributed by atoms with Crippen LogP contribution in [0.2, 0.25) is 0 Å². The minimum Gasteiger partial charge on any atom is -0.303 e. The second-order valence-electron chi connectivity index (χ2n) is 12.2. The fourth-order valence-corrected chi connectivity index (χ4v) is 7.33. The number of fused-ring (bicyclic) bond motifs is 6. The molecule has 1 fully saturated rings. The Bertz CT molecular complexity index is 2170. The summed E-state index contributed by atoms with van der Waals surface area (Å²) < 4.78 is 0. The van der Waals surface area contributed by atoms with Gasteiger partial charge in [-0.25, -0.2) is 4.98 Å². The van der Waals surface area contributed by atoms with Crippen LogP contribution < -0.4 is 4.90 Å². The fraction of sp³-hybridized carbons (Fsp3) is 0.122. The molecule has 9 rings (SSSR count). The van der Waals surface area contributed by atoms with Crippen molar-refractivity contribution in [1.29, 1.82) is 0 Å². The predicted molar refractivity (Wildman–Crippen MR) is 184 cm³/mol. The topological polar surface area (TPSA) is 54.8 Å². The van der Waals surface area contributed by atoms with E-state index in [1.807, 2.05) is 72.9 Å². The molecular formula is C41H30IrN5-. The third-order valence-electron chi connectivity index (χ3n) is 9.50. The Morgan fingerprint density at radius 2 is 1.21 bits per heavy atom. The van der Waals surface area contributed by atoms with Crippen LogP contribution in [0.15, 0.2) is 134 Å². The molecule has 2 aliphatic rings. The first-order valence-electron chi connectivity index (χ1n) is 16.0. The van der Waals surface area contributed by atoms with Crippen molar-refractivity contribution in [2.45, 2.75) is 31.1 Å². The Morgan fingerprint density at radius 1 is 0.617 bits per heavy atom. The summed E-state index contributed by atoms with van der Waals surface area (Å²) in [6.07, 6.45) is 5.82. The zero-order chi connectivity index (χ0) is 30.5. The second-order valence-corrected chi connectivity index (χ2v) is 12.2. The minimum absolute atomic E-state index is 0. The van der Waals surface area contributed by atoms with Gasteiger partial charge in [0.25, 0.3) is 0 Å². The Morgan fingerprint density at radius 3 is 1.91 bits per heavy atom. The van der Waals surface area contributed by atoms with E-state index in [1.54, 1.807) is 0 Å². The zero-order valence-corrected chi connectivity index (χ0v) is 27.9. The van der Waals surface area contributed by atoms with Gasteiger partial charge in [-0.05, 0) is 65.4 Å². The van der Waals surface area contributed by atoms with E-state index >= 15 is 0 Å². The molecule has 7 aromatic rings. The fourth-order valence-electron chi connectivity index (χ4n) is 7.33. The van der Waals surface area contributed by atoms with Gasteiger partial charge in [0, 0.05) is 48.8 Å². The molecule has 0 N–H and O–H groups in total. The normalized spacial score (nSPS) is 16.1. The first kappa shape index (κ1) is 29.4. The molecule has 2 atom stereocenters. The molecule has 0 spiro atoms. The Kier molecular flexibility index (Phi) is 7.68. The van der Waals surface area contributed by atoms with Crippen LogP contribution in [0.25, 0.3) is 44.8 Å². The molecule has 47 heavy (non-hydrogen) atoms. The first-order valence-corrected chi connectivity index (χ1v) is 16.0. The van der Waals surface area contributed by atoms with Gasteiger partial charge in [0.1, 0.15) is 0 Å². The van der Waals surface area contributed by atoms with Gasteiger partial charge in [0.15, 0.2) is 11.6 Å². The van der Waals surface area contributed by atoms with Crippen LogP contribution in [-0.2, 0) is 20.1 Å². The largest absolute Gasteiger partial charge is 0.303 e. The number of pyridine rings is 1. The van der Waals surface area contributed by atoms with Crippen LogP contribution in [0.3, 0.4) is 0 Å². The maximum absolute atomic E-state index is 5.16. The van der Waals surface area contributed by atoms with Gasteiger partial charge in [-0.2, -0.15) is 9.97 Å². The van der Waals surface area contributed by atoms with Gasteiger partial charge in [-0.1, -0.05) is 97.4 Å². The standard InChI is InChI=1S/C41H30N5.Ir/c1-4-12-27(13-5-1)39-43-40(45-41(44-39)46(31-14-6-2-7-15-31)32-16-8-3-9-17-32)37-26-42-38(35-19-11-10-18-34(35)37)30-22-23-33-28-20-21-29(24-28)36(33)25-30;/h1-19,23,25-26,28-29H,20-21,24H2;/q-1;. The summed E-state index contributed by atoms with van der Waals surface area (Å²) >= 11 is 0. The van der Waals surface area contributed by atoms with Crippen molar-refractivity contribution in [2.75, 3.05) is 4.90 Å². The molecule has 6 heteroatoms. The Hall–Kier alpha value is -5.03. The molecular weight excluding hydrogens is 755 g/mol. The molecule has 5 nitrogen and oxygen atoms in total. The summed E-state index contributed by atoms with van der Waals surface area (Å²) in [5, 5.41) is 2.11. The second kappa shape index (κ2) is 12.3. The summed E-state index contributed by atoms with van der Waals surface area (Å²) in [5.74, 6) is 3.10. The molecule has 1 radical (unpaired) electrons. The van der Waals surface area contributed by atoms with E-state index in [-0.39, 0.29) is 20.1 Å². The van der Waals surface area contributed by atoms with Crippen molar-refractivity contribution in [3.05, 3.63) is 151 Å². The van der Waals surface area contributed by atoms with E-state index in [4.69, 9.17) is 19.9 Å². The molecule has 2 heterocycles.